The van der Waals surface area contributed by atoms with Gasteiger partial charge in [-0.15, -0.1) is 0 Å². The molecule has 0 radical (unpaired) electrons. The fourth-order valence-electron chi connectivity index (χ4n) is 2.68. The number of aromatic nitrogens is 2. The second kappa shape index (κ2) is 7.66. The predicted molar refractivity (Wildman–Crippen MR) is 100 cm³/mol. The van der Waals surface area contributed by atoms with E-state index in [-0.39, 0.29) is 12.5 Å². The first kappa shape index (κ1) is 16.8. The number of hydrogen-bond donors (Lipinski definition) is 1. The SMILES string of the molecule is CCOC(=O)CNc1c(/C(C)=C/c2ccccc2)nc2ccccn12. The van der Waals surface area contributed by atoms with Crippen LogP contribution in [0.15, 0.2) is 54.7 Å². The molecule has 0 saturated carbocycles. The normalized spacial score (nSPS) is 11.5. The maximum atomic E-state index is 11.7. The van der Waals surface area contributed by atoms with Crippen molar-refractivity contribution in [3.8, 4) is 0 Å². The molecule has 5 nitrogen and oxygen atoms in total. The first-order chi connectivity index (χ1) is 12.2. The van der Waals surface area contributed by atoms with Gasteiger partial charge >= 0.3 is 5.97 Å². The molecule has 0 aliphatic heterocycles. The molecule has 0 atom stereocenters. The molecule has 0 fully saturated rings. The van der Waals surface area contributed by atoms with Crippen LogP contribution in [0.25, 0.3) is 17.3 Å². The van der Waals surface area contributed by atoms with Gasteiger partial charge in [0.1, 0.15) is 23.7 Å². The van der Waals surface area contributed by atoms with Crippen molar-refractivity contribution >= 4 is 29.1 Å². The Kier molecular flexibility index (Phi) is 5.14. The monoisotopic (exact) mass is 335 g/mol. The molecular formula is C20H21N3O2. The van der Waals surface area contributed by atoms with Crippen molar-refractivity contribution in [3.05, 3.63) is 66.0 Å². The maximum Gasteiger partial charge on any atom is 0.325 e. The Labute approximate surface area is 147 Å². The third-order valence-electron chi connectivity index (χ3n) is 3.79. The van der Waals surface area contributed by atoms with Gasteiger partial charge in [-0.2, -0.15) is 0 Å². The zero-order chi connectivity index (χ0) is 17.6. The Bertz CT molecular complexity index is 898. The number of nitrogens with zero attached hydrogens (tertiary/aromatic N) is 2. The van der Waals surface area contributed by atoms with Gasteiger partial charge in [0.15, 0.2) is 0 Å². The Hall–Kier alpha value is -3.08. The summed E-state index contributed by atoms with van der Waals surface area (Å²) >= 11 is 0. The fourth-order valence-corrected chi connectivity index (χ4v) is 2.68. The third kappa shape index (κ3) is 3.88. The molecule has 128 valence electrons. The van der Waals surface area contributed by atoms with Crippen LogP contribution >= 0.6 is 0 Å². The van der Waals surface area contributed by atoms with E-state index in [1.54, 1.807) is 6.92 Å². The van der Waals surface area contributed by atoms with Crippen LogP contribution in [0.2, 0.25) is 0 Å². The Morgan fingerprint density at radius 3 is 2.72 bits per heavy atom. The largest absolute Gasteiger partial charge is 0.465 e. The summed E-state index contributed by atoms with van der Waals surface area (Å²) in [5.74, 6) is 0.498. The van der Waals surface area contributed by atoms with Gasteiger partial charge in [0.2, 0.25) is 0 Å². The van der Waals surface area contributed by atoms with Gasteiger partial charge in [0.05, 0.1) is 6.61 Å². The number of fused-ring (bicyclic) bond motifs is 1. The van der Waals surface area contributed by atoms with Gasteiger partial charge in [0.25, 0.3) is 0 Å². The molecule has 0 saturated heterocycles. The molecular weight excluding hydrogens is 314 g/mol. The number of imidazole rings is 1. The number of ether oxygens (including phenoxy) is 1. The number of benzene rings is 1. The molecule has 0 unspecified atom stereocenters. The summed E-state index contributed by atoms with van der Waals surface area (Å²) in [6.45, 7) is 4.28. The van der Waals surface area contributed by atoms with Gasteiger partial charge in [0, 0.05) is 6.20 Å². The molecule has 3 rings (SSSR count). The summed E-state index contributed by atoms with van der Waals surface area (Å²) in [6.07, 6.45) is 4.01. The summed E-state index contributed by atoms with van der Waals surface area (Å²) in [5, 5.41) is 3.17. The first-order valence-electron chi connectivity index (χ1n) is 8.29. The molecule has 0 aliphatic rings. The molecule has 2 heterocycles. The maximum absolute atomic E-state index is 11.7. The average molecular weight is 335 g/mol. The Balaban J connectivity index is 1.97. The molecule has 5 heteroatoms. The van der Waals surface area contributed by atoms with E-state index >= 15 is 0 Å². The predicted octanol–water partition coefficient (Wildman–Crippen LogP) is 3.87. The number of carbonyl (C=O) groups excluding carboxylic acids is 1. The zero-order valence-corrected chi connectivity index (χ0v) is 14.4. The minimum atomic E-state index is -0.288. The van der Waals surface area contributed by atoms with Gasteiger partial charge in [-0.1, -0.05) is 36.4 Å². The lowest BCUT2D eigenvalue weighted by Crippen LogP contribution is -2.18. The number of nitrogens with one attached hydrogen (secondary N) is 1. The number of anilines is 1. The van der Waals surface area contributed by atoms with E-state index in [1.165, 1.54) is 0 Å². The van der Waals surface area contributed by atoms with Gasteiger partial charge in [-0.05, 0) is 43.2 Å². The molecule has 25 heavy (non-hydrogen) atoms. The molecule has 2 aromatic heterocycles. The van der Waals surface area contributed by atoms with Crippen molar-refractivity contribution in [2.75, 3.05) is 18.5 Å². The van der Waals surface area contributed by atoms with E-state index in [4.69, 9.17) is 9.72 Å². The zero-order valence-electron chi connectivity index (χ0n) is 14.4. The van der Waals surface area contributed by atoms with Crippen molar-refractivity contribution < 1.29 is 9.53 Å². The Morgan fingerprint density at radius 2 is 1.96 bits per heavy atom. The summed E-state index contributed by atoms with van der Waals surface area (Å²) in [5.41, 5.74) is 3.76. The summed E-state index contributed by atoms with van der Waals surface area (Å²) < 4.78 is 6.94. The van der Waals surface area contributed by atoms with Gasteiger partial charge < -0.3 is 10.1 Å². The summed E-state index contributed by atoms with van der Waals surface area (Å²) in [4.78, 5) is 16.4. The highest BCUT2D eigenvalue weighted by Crippen LogP contribution is 2.26. The second-order valence-corrected chi connectivity index (χ2v) is 5.63. The number of rotatable bonds is 6. The molecule has 3 aromatic rings. The number of carbonyl (C=O) groups is 1. The van der Waals surface area contributed by atoms with Gasteiger partial charge in [-0.3, -0.25) is 9.20 Å². The van der Waals surface area contributed by atoms with E-state index in [0.29, 0.717) is 6.61 Å². The first-order valence-corrected chi connectivity index (χ1v) is 8.29. The lowest BCUT2D eigenvalue weighted by Gasteiger charge is -2.08. The van der Waals surface area contributed by atoms with E-state index in [2.05, 4.69) is 11.4 Å². The van der Waals surface area contributed by atoms with Crippen LogP contribution in [-0.4, -0.2) is 28.5 Å². The lowest BCUT2D eigenvalue weighted by atomic mass is 10.1. The van der Waals surface area contributed by atoms with Crippen LogP contribution in [0.4, 0.5) is 5.82 Å². The summed E-state index contributed by atoms with van der Waals surface area (Å²) in [6, 6.07) is 15.9. The van der Waals surface area contributed by atoms with Gasteiger partial charge in [-0.25, -0.2) is 4.98 Å². The quantitative estimate of drug-likeness (QED) is 0.695. The molecule has 0 amide bonds. The highest BCUT2D eigenvalue weighted by molar-refractivity contribution is 5.86. The fraction of sp³-hybridized carbons (Fsp3) is 0.200. The minimum Gasteiger partial charge on any atom is -0.465 e. The standard InChI is InChI=1S/C20H21N3O2/c1-3-25-18(24)14-21-20-19(22-17-11-7-8-12-23(17)20)15(2)13-16-9-5-4-6-10-16/h4-13,21H,3,14H2,1-2H3/b15-13+. The van der Waals surface area contributed by atoms with E-state index in [1.807, 2.05) is 66.1 Å². The average Bonchev–Trinajstić information content (AvgIpc) is 3.00. The molecule has 0 spiro atoms. The lowest BCUT2D eigenvalue weighted by molar-refractivity contribution is -0.140. The molecule has 1 N–H and O–H groups in total. The van der Waals surface area contributed by atoms with Crippen LogP contribution in [0, 0.1) is 0 Å². The van der Waals surface area contributed by atoms with Crippen LogP contribution in [0.5, 0.6) is 0 Å². The smallest absolute Gasteiger partial charge is 0.325 e. The van der Waals surface area contributed by atoms with Crippen LogP contribution in [0.3, 0.4) is 0 Å². The van der Waals surface area contributed by atoms with Crippen molar-refractivity contribution in [1.82, 2.24) is 9.38 Å². The van der Waals surface area contributed by atoms with Crippen molar-refractivity contribution in [3.63, 3.8) is 0 Å². The molecule has 0 aliphatic carbocycles. The topological polar surface area (TPSA) is 55.6 Å². The number of hydrogen-bond acceptors (Lipinski definition) is 4. The highest BCUT2D eigenvalue weighted by Gasteiger charge is 2.14. The van der Waals surface area contributed by atoms with E-state index in [9.17, 15) is 4.79 Å². The van der Waals surface area contributed by atoms with Crippen molar-refractivity contribution in [1.29, 1.82) is 0 Å². The van der Waals surface area contributed by atoms with Crippen LogP contribution in [-0.2, 0) is 9.53 Å². The number of pyridine rings is 1. The summed E-state index contributed by atoms with van der Waals surface area (Å²) in [7, 11) is 0. The van der Waals surface area contributed by atoms with Crippen LogP contribution in [0.1, 0.15) is 25.1 Å². The van der Waals surface area contributed by atoms with Crippen LogP contribution < -0.4 is 5.32 Å². The highest BCUT2D eigenvalue weighted by atomic mass is 16.5. The molecule has 1 aromatic carbocycles. The van der Waals surface area contributed by atoms with Crippen molar-refractivity contribution in [2.45, 2.75) is 13.8 Å². The Morgan fingerprint density at radius 1 is 1.20 bits per heavy atom. The van der Waals surface area contributed by atoms with Crippen molar-refractivity contribution in [2.24, 2.45) is 0 Å². The second-order valence-electron chi connectivity index (χ2n) is 5.63. The third-order valence-corrected chi connectivity index (χ3v) is 3.79. The molecule has 0 bridgehead atoms. The van der Waals surface area contributed by atoms with E-state index in [0.717, 1.165) is 28.3 Å². The number of esters is 1. The number of allylic oxidation sites excluding steroid dienone is 1. The van der Waals surface area contributed by atoms with E-state index < -0.39 is 0 Å². The minimum absolute atomic E-state index is 0.0993.